The van der Waals surface area contributed by atoms with Crippen molar-refractivity contribution in [2.45, 2.75) is 207 Å². The van der Waals surface area contributed by atoms with Gasteiger partial charge in [-0.2, -0.15) is 224 Å². The van der Waals surface area contributed by atoms with Gasteiger partial charge in [-0.15, -0.1) is 0 Å². The monoisotopic (exact) mass is 1960 g/mol. The zero-order chi connectivity index (χ0) is 99.4. The Kier molecular flexibility index (Phi) is 29.0. The Labute approximate surface area is 657 Å². The molecule has 0 aliphatic heterocycles. The Morgan fingerprint density at radius 1 is 0.286 bits per heavy atom. The number of non-ortho nitro benzene ring substituents is 1. The first-order valence-electron chi connectivity index (χ1n) is 31.9. The average Bonchev–Trinajstić information content (AvgIpc) is 0.888. The van der Waals surface area contributed by atoms with Crippen LogP contribution in [0, 0.1) is 30.3 Å². The molecule has 16 nitrogen and oxygen atoms in total. The Morgan fingerprint density at radius 2 is 0.540 bits per heavy atom. The molecule has 0 saturated carbocycles. The van der Waals surface area contributed by atoms with Crippen molar-refractivity contribution in [3.8, 4) is 28.4 Å². The molecule has 1 aliphatic carbocycles. The number of nitro groups is 3. The number of benzene rings is 3. The van der Waals surface area contributed by atoms with Crippen LogP contribution >= 0.6 is 0 Å². The van der Waals surface area contributed by atoms with Crippen LogP contribution in [0.25, 0.3) is 11.1 Å². The number of fused-ring (bicyclic) bond motifs is 3. The van der Waals surface area contributed by atoms with Crippen LogP contribution < -0.4 is 14.2 Å². The van der Waals surface area contributed by atoms with Crippen molar-refractivity contribution in [1.82, 2.24) is 0 Å². The third kappa shape index (κ3) is 17.2. The quantitative estimate of drug-likeness (QED) is 0.0101. The number of Topliss-reactive ketones (excluding diaryl/α,β-unsaturated/α-hetero) is 1. The molecule has 0 bridgehead atoms. The van der Waals surface area contributed by atoms with E-state index < -0.39 is 334 Å². The average molecular weight is 1960 g/mol. The smallest absolute Gasteiger partial charge is 0.460 e. The molecular weight excluding hydrogens is 1930 g/mol. The maximum atomic E-state index is 14.9. The van der Waals surface area contributed by atoms with E-state index in [0.717, 1.165) is 0 Å². The molecule has 3 aromatic carbocycles. The van der Waals surface area contributed by atoms with Gasteiger partial charge >= 0.3 is 149 Å². The molecule has 4 rings (SSSR count). The predicted molar refractivity (Wildman–Crippen MR) is 301 cm³/mol. The van der Waals surface area contributed by atoms with Crippen molar-refractivity contribution in [3.63, 3.8) is 0 Å². The second-order valence-corrected chi connectivity index (χ2v) is 25.9. The highest BCUT2D eigenvalue weighted by molar-refractivity contribution is 6.25. The summed E-state index contributed by atoms with van der Waals surface area (Å²) in [6, 6.07) is 0.737. The first-order chi connectivity index (χ1) is 55.6. The minimum absolute atomic E-state index is 0.185. The molecule has 0 atom stereocenters. The highest BCUT2D eigenvalue weighted by atomic mass is 19.5. The number of esters is 1. The molecule has 0 fully saturated rings. The van der Waals surface area contributed by atoms with Crippen molar-refractivity contribution in [2.24, 2.45) is 0 Å². The number of halogens is 51. The molecule has 0 aromatic heterocycles. The van der Waals surface area contributed by atoms with Crippen molar-refractivity contribution in [3.05, 3.63) is 89.0 Å². The molecule has 67 heteroatoms. The van der Waals surface area contributed by atoms with Gasteiger partial charge in [0.25, 0.3) is 17.1 Å². The van der Waals surface area contributed by atoms with Gasteiger partial charge < -0.3 is 18.9 Å². The highest BCUT2D eigenvalue weighted by Gasteiger charge is 2.99. The number of nitrogens with zero attached hydrogens (tertiary/aromatic N) is 3. The van der Waals surface area contributed by atoms with E-state index in [2.05, 4.69) is 0 Å². The first kappa shape index (κ1) is 109. The van der Waals surface area contributed by atoms with Crippen LogP contribution in [0.15, 0.2) is 36.4 Å². The number of rotatable bonds is 44. The molecule has 126 heavy (non-hydrogen) atoms. The maximum absolute atomic E-state index is 14.9. The minimum atomic E-state index is -9.22. The molecular formula is C59H34F51N3O13. The third-order valence-corrected chi connectivity index (χ3v) is 17.5. The number of hydrogen-bond acceptors (Lipinski definition) is 13. The second kappa shape index (κ2) is 33.5. The lowest BCUT2D eigenvalue weighted by molar-refractivity contribution is -0.461. The van der Waals surface area contributed by atoms with Crippen LogP contribution in [0.5, 0.6) is 17.2 Å². The van der Waals surface area contributed by atoms with E-state index >= 15 is 0 Å². The van der Waals surface area contributed by atoms with Crippen molar-refractivity contribution >= 4 is 34.6 Å². The van der Waals surface area contributed by atoms with Gasteiger partial charge in [-0.25, -0.2) is 4.79 Å². The van der Waals surface area contributed by atoms with Crippen molar-refractivity contribution < 1.29 is 272 Å². The van der Waals surface area contributed by atoms with Gasteiger partial charge in [0.15, 0.2) is 23.1 Å². The predicted octanol–water partition coefficient (Wildman–Crippen LogP) is 23.7. The maximum Gasteiger partial charge on any atom is 0.460 e. The highest BCUT2D eigenvalue weighted by Crippen LogP contribution is 2.69. The van der Waals surface area contributed by atoms with E-state index in [4.69, 9.17) is 18.9 Å². The van der Waals surface area contributed by atoms with Crippen LogP contribution in [-0.4, -0.2) is 202 Å². The standard InChI is InChI=1S/C59H34F51N3O13/c60-36(61,39(66,67)42(72,73)45(78,79)48(84,85)51(90,91)54(96,97)57(102,103)104)8-1-4-11-123-29-17-22(35(116)126-14-7-28(114)21-15-24-31(26(16-21)112(119)120)32-25(33(24)115)19-23(111(117)118)20-27(32)113(121)122)18-30(124-12-5-2-9-37(62,63)40(68,69)43(74,75)46(80,81)49(86,87)52(92,93)55(98,99)58(105,106)107)34(29)125-13-6-3-10-38(64,65)41(70,71)44(76,77)47(82,83)50(88,89)53(94,95)56(100,101)59(108,109)110/h15-20H,1-14H2. The van der Waals surface area contributed by atoms with E-state index in [0.29, 0.717) is 12.1 Å². The van der Waals surface area contributed by atoms with Crippen molar-refractivity contribution in [1.29, 1.82) is 0 Å². The van der Waals surface area contributed by atoms with Crippen molar-refractivity contribution in [2.75, 3.05) is 26.4 Å². The number of ether oxygens (including phenoxy) is 4. The second-order valence-electron chi connectivity index (χ2n) is 25.9. The number of hydrogen-bond donors (Lipinski definition) is 0. The number of alkyl halides is 51. The lowest BCUT2D eigenvalue weighted by atomic mass is 9.88. The molecule has 0 saturated heterocycles. The summed E-state index contributed by atoms with van der Waals surface area (Å²) in [5.41, 5.74) is -10.8. The fourth-order valence-electron chi connectivity index (χ4n) is 10.3. The fraction of sp³-hybridized carbons (Fsp3) is 0.644. The summed E-state index contributed by atoms with van der Waals surface area (Å²) >= 11 is 0. The molecule has 0 N–H and O–H groups in total. The molecule has 0 radical (unpaired) electrons. The molecule has 720 valence electrons. The summed E-state index contributed by atoms with van der Waals surface area (Å²) in [6.07, 6.45) is -49.1. The molecule has 0 spiro atoms. The van der Waals surface area contributed by atoms with Crippen LogP contribution in [0.3, 0.4) is 0 Å². The van der Waals surface area contributed by atoms with E-state index in [1.54, 1.807) is 0 Å². The Hall–Kier alpha value is -9.50. The third-order valence-electron chi connectivity index (χ3n) is 17.5. The summed E-state index contributed by atoms with van der Waals surface area (Å²) in [4.78, 5) is 72.2. The zero-order valence-corrected chi connectivity index (χ0v) is 58.8. The van der Waals surface area contributed by atoms with E-state index in [-0.39, 0.29) is 24.3 Å². The van der Waals surface area contributed by atoms with Crippen LogP contribution in [0.2, 0.25) is 0 Å². The SMILES string of the molecule is O=C(CCOC(=O)c1cc(OCCCCC(F)(F)C(F)(F)C(F)(F)C(F)(F)C(F)(F)C(F)(F)C(F)(F)C(F)(F)F)c(OCCCCC(F)(F)C(F)(F)C(F)(F)C(F)(F)C(F)(F)C(F)(F)C(F)(F)C(F)(F)F)c(OCCCCC(F)(F)C(F)(F)C(F)(F)C(F)(F)C(F)(F)C(F)(F)C(F)(F)C(F)(F)F)c1)c1cc2c(c([N+](=O)[O-])c1)-c1c(cc([N+](=O)[O-])cc1[N+](=O)[O-])C2=O. The van der Waals surface area contributed by atoms with Crippen LogP contribution in [0.1, 0.15) is 101 Å². The fourth-order valence-corrected chi connectivity index (χ4v) is 10.3. The Balaban J connectivity index is 1.91. The molecule has 0 amide bonds. The molecule has 3 aromatic rings. The van der Waals surface area contributed by atoms with E-state index in [1.165, 1.54) is 0 Å². The van der Waals surface area contributed by atoms with Gasteiger partial charge in [-0.05, 0) is 56.7 Å². The largest absolute Gasteiger partial charge is 0.490 e. The number of nitro benzene ring substituents is 3. The van der Waals surface area contributed by atoms with E-state index in [1.807, 2.05) is 0 Å². The van der Waals surface area contributed by atoms with E-state index in [9.17, 15) is 269 Å². The molecule has 0 heterocycles. The number of carbonyl (C=O) groups is 3. The number of ketones is 2. The number of carbonyl (C=O) groups excluding carboxylic acids is 3. The minimum Gasteiger partial charge on any atom is -0.490 e. The topological polar surface area (TPSA) is 218 Å². The normalized spacial score (nSPS) is 15.2. The summed E-state index contributed by atoms with van der Waals surface area (Å²) in [5, 5.41) is 35.7. The van der Waals surface area contributed by atoms with Gasteiger partial charge in [0.05, 0.1) is 64.0 Å². The van der Waals surface area contributed by atoms with Gasteiger partial charge in [0, 0.05) is 54.5 Å². The summed E-state index contributed by atoms with van der Waals surface area (Å²) in [5.74, 6) is -194. The van der Waals surface area contributed by atoms with Crippen LogP contribution in [-0.2, 0) is 4.74 Å². The molecule has 1 aliphatic rings. The molecule has 0 unspecified atom stereocenters. The Bertz CT molecular complexity index is 4440. The lowest BCUT2D eigenvalue weighted by Gasteiger charge is -2.42. The van der Waals surface area contributed by atoms with Gasteiger partial charge in [-0.1, -0.05) is 0 Å². The lowest BCUT2D eigenvalue weighted by Crippen LogP contribution is -2.74. The van der Waals surface area contributed by atoms with Gasteiger partial charge in [-0.3, -0.25) is 39.9 Å². The summed E-state index contributed by atoms with van der Waals surface area (Å²) in [7, 11) is 0. The van der Waals surface area contributed by atoms with Gasteiger partial charge in [0.2, 0.25) is 5.75 Å². The Morgan fingerprint density at radius 3 is 0.810 bits per heavy atom. The van der Waals surface area contributed by atoms with Gasteiger partial charge in [0.1, 0.15) is 0 Å². The zero-order valence-electron chi connectivity index (χ0n) is 58.8. The summed E-state index contributed by atoms with van der Waals surface area (Å²) in [6.45, 7) is -7.66. The number of unbranched alkanes of at least 4 members (excludes halogenated alkanes) is 3. The van der Waals surface area contributed by atoms with Crippen LogP contribution in [0.4, 0.5) is 241 Å². The first-order valence-corrected chi connectivity index (χ1v) is 31.9. The summed E-state index contributed by atoms with van der Waals surface area (Å²) < 4.78 is 732.